The number of hydrogen-bond donors (Lipinski definition) is 0. The minimum absolute atomic E-state index is 0.559. The SMILES string of the molecule is Brc1cncc(-c2cc(-c3ccc4oncc4c3)no2)n1. The van der Waals surface area contributed by atoms with Gasteiger partial charge >= 0.3 is 0 Å². The van der Waals surface area contributed by atoms with Gasteiger partial charge in [0, 0.05) is 17.0 Å². The molecule has 4 rings (SSSR count). The van der Waals surface area contributed by atoms with Gasteiger partial charge in [-0.1, -0.05) is 10.3 Å². The van der Waals surface area contributed by atoms with Crippen LogP contribution in [0.3, 0.4) is 0 Å². The molecule has 0 N–H and O–H groups in total. The molecule has 0 radical (unpaired) electrons. The Morgan fingerprint density at radius 2 is 1.90 bits per heavy atom. The molecular weight excluding hydrogens is 336 g/mol. The van der Waals surface area contributed by atoms with E-state index in [1.165, 1.54) is 0 Å². The van der Waals surface area contributed by atoms with E-state index in [0.29, 0.717) is 16.1 Å². The number of rotatable bonds is 2. The third-order valence-corrected chi connectivity index (χ3v) is 3.40. The van der Waals surface area contributed by atoms with Gasteiger partial charge in [-0.05, 0) is 34.1 Å². The summed E-state index contributed by atoms with van der Waals surface area (Å²) < 4.78 is 11.1. The Morgan fingerprint density at radius 3 is 2.81 bits per heavy atom. The molecule has 0 unspecified atom stereocenters. The smallest absolute Gasteiger partial charge is 0.187 e. The van der Waals surface area contributed by atoms with Crippen LogP contribution in [-0.2, 0) is 0 Å². The highest BCUT2D eigenvalue weighted by Crippen LogP contribution is 2.27. The summed E-state index contributed by atoms with van der Waals surface area (Å²) in [6.45, 7) is 0. The van der Waals surface area contributed by atoms with Crippen molar-refractivity contribution in [2.75, 3.05) is 0 Å². The first-order chi connectivity index (χ1) is 10.3. The molecule has 0 aliphatic carbocycles. The fourth-order valence-corrected chi connectivity index (χ4v) is 2.33. The van der Waals surface area contributed by atoms with Gasteiger partial charge in [0.25, 0.3) is 0 Å². The fourth-order valence-electron chi connectivity index (χ4n) is 2.02. The van der Waals surface area contributed by atoms with Crippen molar-refractivity contribution in [2.45, 2.75) is 0 Å². The minimum atomic E-state index is 0.559. The van der Waals surface area contributed by atoms with Gasteiger partial charge in [0.05, 0.1) is 18.6 Å². The quantitative estimate of drug-likeness (QED) is 0.552. The molecule has 7 heteroatoms. The first-order valence-electron chi connectivity index (χ1n) is 6.09. The lowest BCUT2D eigenvalue weighted by molar-refractivity contribution is 0.433. The normalized spacial score (nSPS) is 11.1. The molecule has 21 heavy (non-hydrogen) atoms. The molecule has 0 spiro atoms. The maximum atomic E-state index is 5.34. The molecule has 1 aromatic carbocycles. The zero-order chi connectivity index (χ0) is 14.2. The molecule has 0 amide bonds. The molecule has 102 valence electrons. The van der Waals surface area contributed by atoms with E-state index in [2.05, 4.69) is 36.2 Å². The summed E-state index contributed by atoms with van der Waals surface area (Å²) in [5.74, 6) is 0.559. The molecule has 6 nitrogen and oxygen atoms in total. The standard InChI is InChI=1S/C14H7BrN4O2/c15-14-7-16-6-11(18-14)13-4-10(19-21-13)8-1-2-12-9(3-8)5-17-20-12/h1-7H. The Hall–Kier alpha value is -2.54. The summed E-state index contributed by atoms with van der Waals surface area (Å²) in [7, 11) is 0. The highest BCUT2D eigenvalue weighted by Gasteiger charge is 2.11. The van der Waals surface area contributed by atoms with Crippen LogP contribution in [0.4, 0.5) is 0 Å². The summed E-state index contributed by atoms with van der Waals surface area (Å²) in [5.41, 5.74) is 2.99. The van der Waals surface area contributed by atoms with E-state index in [9.17, 15) is 0 Å². The summed E-state index contributed by atoms with van der Waals surface area (Å²) >= 11 is 3.28. The Bertz CT molecular complexity index is 931. The molecule has 0 fully saturated rings. The average Bonchev–Trinajstić information content (AvgIpc) is 3.15. The lowest BCUT2D eigenvalue weighted by Crippen LogP contribution is -1.83. The maximum absolute atomic E-state index is 5.34. The number of benzene rings is 1. The van der Waals surface area contributed by atoms with E-state index < -0.39 is 0 Å². The molecule has 0 aliphatic heterocycles. The van der Waals surface area contributed by atoms with Crippen molar-refractivity contribution in [2.24, 2.45) is 0 Å². The number of hydrogen-bond acceptors (Lipinski definition) is 6. The van der Waals surface area contributed by atoms with Gasteiger partial charge in [0.1, 0.15) is 16.0 Å². The van der Waals surface area contributed by atoms with Crippen LogP contribution in [0.2, 0.25) is 0 Å². The van der Waals surface area contributed by atoms with Gasteiger partial charge in [-0.3, -0.25) is 4.98 Å². The monoisotopic (exact) mass is 342 g/mol. The first kappa shape index (κ1) is 12.2. The fraction of sp³-hybridized carbons (Fsp3) is 0. The van der Waals surface area contributed by atoms with Gasteiger partial charge in [0.15, 0.2) is 11.3 Å². The van der Waals surface area contributed by atoms with Crippen LogP contribution in [0.5, 0.6) is 0 Å². The lowest BCUT2D eigenvalue weighted by Gasteiger charge is -1.94. The van der Waals surface area contributed by atoms with Crippen LogP contribution in [0.25, 0.3) is 33.7 Å². The minimum Gasteiger partial charge on any atom is -0.356 e. The van der Waals surface area contributed by atoms with Gasteiger partial charge in [-0.25, -0.2) is 4.98 Å². The second kappa shape index (κ2) is 4.78. The number of aromatic nitrogens is 4. The third kappa shape index (κ3) is 2.21. The topological polar surface area (TPSA) is 77.8 Å². The summed E-state index contributed by atoms with van der Waals surface area (Å²) in [5, 5.41) is 8.75. The second-order valence-corrected chi connectivity index (χ2v) is 5.19. The van der Waals surface area contributed by atoms with E-state index in [4.69, 9.17) is 9.05 Å². The molecule has 0 saturated carbocycles. The maximum Gasteiger partial charge on any atom is 0.187 e. The first-order valence-corrected chi connectivity index (χ1v) is 6.88. The molecule has 0 saturated heterocycles. The number of halogens is 1. The highest BCUT2D eigenvalue weighted by molar-refractivity contribution is 9.10. The van der Waals surface area contributed by atoms with Crippen molar-refractivity contribution in [1.29, 1.82) is 0 Å². The summed E-state index contributed by atoms with van der Waals surface area (Å²) in [4.78, 5) is 8.35. The molecular formula is C14H7BrN4O2. The molecule has 0 aliphatic rings. The van der Waals surface area contributed by atoms with E-state index >= 15 is 0 Å². The van der Waals surface area contributed by atoms with E-state index in [1.807, 2.05) is 24.3 Å². The van der Waals surface area contributed by atoms with Gasteiger partial charge in [-0.15, -0.1) is 0 Å². The predicted octanol–water partition coefficient (Wildman–Crippen LogP) is 3.70. The van der Waals surface area contributed by atoms with E-state index in [1.54, 1.807) is 18.6 Å². The van der Waals surface area contributed by atoms with Crippen molar-refractivity contribution >= 4 is 26.9 Å². The molecule has 3 aromatic heterocycles. The number of fused-ring (bicyclic) bond motifs is 1. The lowest BCUT2D eigenvalue weighted by atomic mass is 10.1. The van der Waals surface area contributed by atoms with E-state index in [0.717, 1.165) is 22.2 Å². The number of nitrogens with zero attached hydrogens (tertiary/aromatic N) is 4. The second-order valence-electron chi connectivity index (χ2n) is 4.38. The molecule has 0 atom stereocenters. The van der Waals surface area contributed by atoms with Crippen LogP contribution >= 0.6 is 15.9 Å². The Balaban J connectivity index is 1.76. The van der Waals surface area contributed by atoms with Crippen molar-refractivity contribution in [1.82, 2.24) is 20.3 Å². The highest BCUT2D eigenvalue weighted by atomic mass is 79.9. The summed E-state index contributed by atoms with van der Waals surface area (Å²) in [6.07, 6.45) is 4.90. The van der Waals surface area contributed by atoms with Gasteiger partial charge in [0.2, 0.25) is 0 Å². The zero-order valence-electron chi connectivity index (χ0n) is 10.5. The van der Waals surface area contributed by atoms with Crippen molar-refractivity contribution in [3.05, 3.63) is 47.5 Å². The molecule has 3 heterocycles. The van der Waals surface area contributed by atoms with Gasteiger partial charge in [-0.2, -0.15) is 0 Å². The van der Waals surface area contributed by atoms with Crippen LogP contribution in [0.15, 0.2) is 56.5 Å². The Labute approximate surface area is 126 Å². The van der Waals surface area contributed by atoms with E-state index in [-0.39, 0.29) is 0 Å². The van der Waals surface area contributed by atoms with Gasteiger partial charge < -0.3 is 9.05 Å². The zero-order valence-corrected chi connectivity index (χ0v) is 12.1. The van der Waals surface area contributed by atoms with Crippen LogP contribution < -0.4 is 0 Å². The summed E-state index contributed by atoms with van der Waals surface area (Å²) in [6, 6.07) is 7.53. The van der Waals surface area contributed by atoms with Crippen molar-refractivity contribution in [3.8, 4) is 22.7 Å². The third-order valence-electron chi connectivity index (χ3n) is 3.02. The van der Waals surface area contributed by atoms with Crippen molar-refractivity contribution in [3.63, 3.8) is 0 Å². The largest absolute Gasteiger partial charge is 0.356 e. The van der Waals surface area contributed by atoms with Crippen LogP contribution in [0, 0.1) is 0 Å². The Kier molecular flexibility index (Phi) is 2.78. The average molecular weight is 343 g/mol. The molecule has 4 aromatic rings. The van der Waals surface area contributed by atoms with Crippen molar-refractivity contribution < 1.29 is 9.05 Å². The van der Waals surface area contributed by atoms with Crippen LogP contribution in [0.1, 0.15) is 0 Å². The Morgan fingerprint density at radius 1 is 0.952 bits per heavy atom. The molecule has 0 bridgehead atoms. The predicted molar refractivity (Wildman–Crippen MR) is 78.2 cm³/mol. The van der Waals surface area contributed by atoms with Crippen LogP contribution in [-0.4, -0.2) is 20.3 Å².